The Bertz CT molecular complexity index is 3500. The molecule has 1 aromatic heterocycles. The highest BCUT2D eigenvalue weighted by atomic mass is 14.9. The first kappa shape index (κ1) is 10.1. The standard InChI is InChI=1S/C42H28N2/c1-4-14-29(15-5-1)32-24-26-38(36-22-12-10-20-34(32)36)40-28-41(44-42(43-40)31-18-8-3-9-19-31)39-27-25-33(30-16-6-2-7-17-30)35-21-11-13-23-37(35)39/h1-28H/i1D,2D,3D,4D,5D,6D,7D,8D,9D,10D,11D,12D,13D,14D,15D,16D,17D,18D,19D,20D,21D,22D,23D,24D,25D,26D,27D. The molecule has 8 rings (SSSR count). The summed E-state index contributed by atoms with van der Waals surface area (Å²) >= 11 is 0. The van der Waals surface area contributed by atoms with E-state index in [-0.39, 0.29) is 0 Å². The van der Waals surface area contributed by atoms with E-state index in [1.165, 1.54) is 0 Å². The van der Waals surface area contributed by atoms with E-state index in [4.69, 9.17) is 28.8 Å². The molecule has 0 aliphatic heterocycles. The Hall–Kier alpha value is -5.86. The fraction of sp³-hybridized carbons (Fsp3) is 0. The second kappa shape index (κ2) is 11.1. The smallest absolute Gasteiger partial charge is 0.160 e. The Labute approximate surface area is 294 Å². The third-order valence-corrected chi connectivity index (χ3v) is 6.46. The van der Waals surface area contributed by atoms with E-state index in [2.05, 4.69) is 9.97 Å². The average molecular weight is 588 g/mol. The third-order valence-electron chi connectivity index (χ3n) is 6.46. The summed E-state index contributed by atoms with van der Waals surface area (Å²) in [7, 11) is 0. The molecule has 8 aromatic rings. The molecule has 0 N–H and O–H groups in total. The van der Waals surface area contributed by atoms with Gasteiger partial charge in [0, 0.05) is 16.7 Å². The number of aromatic nitrogens is 2. The Morgan fingerprint density at radius 3 is 1.05 bits per heavy atom. The van der Waals surface area contributed by atoms with Gasteiger partial charge in [-0.15, -0.1) is 0 Å². The fourth-order valence-corrected chi connectivity index (χ4v) is 4.56. The van der Waals surface area contributed by atoms with E-state index in [0.717, 1.165) is 6.07 Å². The highest BCUT2D eigenvalue weighted by molar-refractivity contribution is 6.07. The van der Waals surface area contributed by atoms with Gasteiger partial charge in [-0.25, -0.2) is 9.97 Å². The van der Waals surface area contributed by atoms with Crippen LogP contribution in [0.1, 0.15) is 37.0 Å². The molecule has 7 aromatic carbocycles. The summed E-state index contributed by atoms with van der Waals surface area (Å²) in [6.07, 6.45) is 0. The van der Waals surface area contributed by atoms with Crippen LogP contribution in [0.15, 0.2) is 169 Å². The quantitative estimate of drug-likeness (QED) is 0.200. The van der Waals surface area contributed by atoms with Crippen LogP contribution >= 0.6 is 0 Å². The summed E-state index contributed by atoms with van der Waals surface area (Å²) in [6, 6.07) is -23.9. The van der Waals surface area contributed by atoms with E-state index in [9.17, 15) is 8.22 Å². The molecule has 0 spiro atoms. The Balaban J connectivity index is 1.65. The number of fused-ring (bicyclic) bond motifs is 2. The van der Waals surface area contributed by atoms with Gasteiger partial charge in [0.15, 0.2) is 5.82 Å². The van der Waals surface area contributed by atoms with E-state index in [1.54, 1.807) is 0 Å². The van der Waals surface area contributed by atoms with Crippen LogP contribution in [0.5, 0.6) is 0 Å². The molecule has 0 radical (unpaired) electrons. The summed E-state index contributed by atoms with van der Waals surface area (Å²) < 4.78 is 236. The molecule has 0 aliphatic rings. The maximum absolute atomic E-state index is 9.49. The normalized spacial score (nSPS) is 19.8. The van der Waals surface area contributed by atoms with Crippen LogP contribution in [0, 0.1) is 0 Å². The molecule has 0 fully saturated rings. The highest BCUT2D eigenvalue weighted by Crippen LogP contribution is 2.39. The molecular weight excluding hydrogens is 532 g/mol. The third kappa shape index (κ3) is 4.63. The van der Waals surface area contributed by atoms with Crippen molar-refractivity contribution in [2.75, 3.05) is 0 Å². The largest absolute Gasteiger partial charge is 0.228 e. The summed E-state index contributed by atoms with van der Waals surface area (Å²) in [5.74, 6) is -0.835. The van der Waals surface area contributed by atoms with Crippen molar-refractivity contribution in [3.05, 3.63) is 169 Å². The zero-order chi connectivity index (χ0) is 52.8. The van der Waals surface area contributed by atoms with Crippen molar-refractivity contribution in [1.29, 1.82) is 0 Å². The van der Waals surface area contributed by atoms with Crippen molar-refractivity contribution in [3.63, 3.8) is 0 Å². The predicted octanol–water partition coefficient (Wildman–Crippen LogP) is 11.1. The number of benzene rings is 7. The van der Waals surface area contributed by atoms with Crippen LogP contribution in [0.4, 0.5) is 0 Å². The van der Waals surface area contributed by atoms with Crippen molar-refractivity contribution in [1.82, 2.24) is 9.97 Å². The van der Waals surface area contributed by atoms with Gasteiger partial charge in [-0.3, -0.25) is 0 Å². The number of hydrogen-bond acceptors (Lipinski definition) is 2. The van der Waals surface area contributed by atoms with E-state index in [1.807, 2.05) is 0 Å². The highest BCUT2D eigenvalue weighted by Gasteiger charge is 2.17. The molecule has 0 bridgehead atoms. The minimum absolute atomic E-state index is 0.660. The zero-order valence-corrected chi connectivity index (χ0v) is 22.0. The van der Waals surface area contributed by atoms with Crippen LogP contribution in [0.3, 0.4) is 0 Å². The zero-order valence-electron chi connectivity index (χ0n) is 49.0. The Morgan fingerprint density at radius 1 is 0.318 bits per heavy atom. The van der Waals surface area contributed by atoms with Gasteiger partial charge >= 0.3 is 0 Å². The van der Waals surface area contributed by atoms with Crippen molar-refractivity contribution < 1.29 is 37.0 Å². The van der Waals surface area contributed by atoms with Crippen LogP contribution in [-0.2, 0) is 0 Å². The number of rotatable bonds is 5. The van der Waals surface area contributed by atoms with Gasteiger partial charge in [-0.2, -0.15) is 0 Å². The van der Waals surface area contributed by atoms with Gasteiger partial charge in [0.05, 0.1) is 48.4 Å². The molecule has 2 nitrogen and oxygen atoms in total. The molecule has 206 valence electrons. The lowest BCUT2D eigenvalue weighted by atomic mass is 9.92. The van der Waals surface area contributed by atoms with Crippen LogP contribution < -0.4 is 0 Å². The molecule has 1 heterocycles. The van der Waals surface area contributed by atoms with E-state index >= 15 is 0 Å². The SMILES string of the molecule is [2H]c1c([2H])c([2H])c(-c2nc(-c3c([2H])c([2H])c(-c4c([2H])c([2H])c([2H])c([2H])c4[2H])c4c([2H])c([2H])c([2H])c([2H])c34)cc(-c3c([2H])c([2H])c(-c4c([2H])c([2H])c([2H])c([2H])c4[2H])c4c([2H])c([2H])c([2H])c([2H])c34)n2)c([2H])c1[2H]. The van der Waals surface area contributed by atoms with Crippen LogP contribution in [0.25, 0.3) is 77.7 Å². The molecule has 0 saturated carbocycles. The van der Waals surface area contributed by atoms with Gasteiger partial charge in [0.1, 0.15) is 0 Å². The summed E-state index contributed by atoms with van der Waals surface area (Å²) in [4.78, 5) is 8.89. The lowest BCUT2D eigenvalue weighted by Gasteiger charge is -2.15. The lowest BCUT2D eigenvalue weighted by molar-refractivity contribution is 1.19. The average Bonchev–Trinajstić information content (AvgIpc) is 3.34. The van der Waals surface area contributed by atoms with Crippen molar-refractivity contribution in [3.8, 4) is 56.2 Å². The maximum Gasteiger partial charge on any atom is 0.160 e. The topological polar surface area (TPSA) is 25.8 Å². The fourth-order valence-electron chi connectivity index (χ4n) is 4.56. The molecular formula is C42H28N2. The van der Waals surface area contributed by atoms with Crippen LogP contribution in [-0.4, -0.2) is 9.97 Å². The first-order valence-electron chi connectivity index (χ1n) is 26.2. The number of nitrogens with zero attached hydrogens (tertiary/aromatic N) is 2. The molecule has 44 heavy (non-hydrogen) atoms. The molecule has 0 aliphatic carbocycles. The molecule has 2 heteroatoms. The van der Waals surface area contributed by atoms with Gasteiger partial charge < -0.3 is 0 Å². The summed E-state index contributed by atoms with van der Waals surface area (Å²) in [5, 5.41) is -2.64. The minimum Gasteiger partial charge on any atom is -0.228 e. The minimum atomic E-state index is -0.989. The maximum atomic E-state index is 9.49. The summed E-state index contributed by atoms with van der Waals surface area (Å²) in [5.41, 5.74) is -6.32. The molecule has 0 amide bonds. The molecule has 0 atom stereocenters. The van der Waals surface area contributed by atoms with Gasteiger partial charge in [-0.05, 0) is 49.9 Å². The first-order valence-corrected chi connectivity index (χ1v) is 12.7. The first-order chi connectivity index (χ1) is 33.0. The van der Waals surface area contributed by atoms with E-state index in [0.29, 0.717) is 0 Å². The van der Waals surface area contributed by atoms with Gasteiger partial charge in [0.25, 0.3) is 0 Å². The monoisotopic (exact) mass is 587 g/mol. The Kier molecular flexibility index (Phi) is 2.55. The molecule has 0 saturated heterocycles. The lowest BCUT2D eigenvalue weighted by Crippen LogP contribution is -1.97. The second-order valence-electron chi connectivity index (χ2n) is 8.96. The van der Waals surface area contributed by atoms with Crippen LogP contribution in [0.2, 0.25) is 0 Å². The number of hydrogen-bond donors (Lipinski definition) is 0. The van der Waals surface area contributed by atoms with E-state index < -0.39 is 241 Å². The second-order valence-corrected chi connectivity index (χ2v) is 8.96. The van der Waals surface area contributed by atoms with Crippen molar-refractivity contribution in [2.24, 2.45) is 0 Å². The van der Waals surface area contributed by atoms with Crippen molar-refractivity contribution in [2.45, 2.75) is 0 Å². The molecule has 0 unspecified atom stereocenters. The van der Waals surface area contributed by atoms with Gasteiger partial charge in [0.2, 0.25) is 0 Å². The van der Waals surface area contributed by atoms with Gasteiger partial charge in [-0.1, -0.05) is 163 Å². The predicted molar refractivity (Wildman–Crippen MR) is 184 cm³/mol. The van der Waals surface area contributed by atoms with Crippen molar-refractivity contribution >= 4 is 21.5 Å². The Morgan fingerprint density at radius 2 is 0.636 bits per heavy atom. The summed E-state index contributed by atoms with van der Waals surface area (Å²) in [6.45, 7) is 0.